The lowest BCUT2D eigenvalue weighted by atomic mass is 9.94. The van der Waals surface area contributed by atoms with Crippen molar-refractivity contribution < 1.29 is 9.84 Å². The van der Waals surface area contributed by atoms with E-state index in [1.54, 1.807) is 7.11 Å². The first-order valence-electron chi connectivity index (χ1n) is 7.99. The Morgan fingerprint density at radius 2 is 1.00 bits per heavy atom. The third-order valence-corrected chi connectivity index (χ3v) is 4.97. The van der Waals surface area contributed by atoms with Gasteiger partial charge in [0.1, 0.15) is 11.5 Å². The second kappa shape index (κ2) is 7.54. The molecule has 0 saturated heterocycles. The zero-order chi connectivity index (χ0) is 17.9. The number of hydrogen-bond acceptors (Lipinski definition) is 2. The van der Waals surface area contributed by atoms with Crippen molar-refractivity contribution in [2.75, 3.05) is 7.11 Å². The zero-order valence-corrected chi connectivity index (χ0v) is 16.0. The largest absolute Gasteiger partial charge is 0.507 e. The summed E-state index contributed by atoms with van der Waals surface area (Å²) in [6.07, 6.45) is 0. The van der Waals surface area contributed by atoms with Gasteiger partial charge in [0, 0.05) is 0 Å². The second-order valence-corrected chi connectivity index (χ2v) is 6.38. The van der Waals surface area contributed by atoms with Gasteiger partial charge < -0.3 is 9.84 Å². The van der Waals surface area contributed by atoms with Gasteiger partial charge in [0.05, 0.1) is 7.11 Å². The molecule has 0 bridgehead atoms. The summed E-state index contributed by atoms with van der Waals surface area (Å²) in [5, 5.41) is 9.69. The molecule has 0 radical (unpaired) electrons. The minimum atomic E-state index is 0.454. The number of methoxy groups -OCH3 is 1. The molecule has 0 fully saturated rings. The smallest absolute Gasteiger partial charge is 0.122 e. The topological polar surface area (TPSA) is 29.5 Å². The maximum atomic E-state index is 9.69. The molecule has 2 heteroatoms. The first-order valence-corrected chi connectivity index (χ1v) is 7.99. The number of rotatable bonds is 1. The number of benzene rings is 2. The van der Waals surface area contributed by atoms with Gasteiger partial charge in [0.15, 0.2) is 0 Å². The fourth-order valence-corrected chi connectivity index (χ4v) is 2.63. The highest BCUT2D eigenvalue weighted by atomic mass is 16.5. The third kappa shape index (κ3) is 4.07. The normalized spacial score (nSPS) is 10.1. The van der Waals surface area contributed by atoms with Crippen LogP contribution in [0.25, 0.3) is 0 Å². The number of phenols is 1. The lowest BCUT2D eigenvalue weighted by Gasteiger charge is -2.13. The molecule has 0 aromatic heterocycles. The van der Waals surface area contributed by atoms with Crippen molar-refractivity contribution in [1.82, 2.24) is 0 Å². The molecule has 0 aliphatic rings. The van der Waals surface area contributed by atoms with E-state index in [9.17, 15) is 5.11 Å². The Labute approximate surface area is 141 Å². The fourth-order valence-electron chi connectivity index (χ4n) is 2.63. The first-order chi connectivity index (χ1) is 10.6. The van der Waals surface area contributed by atoms with Crippen LogP contribution in [0.1, 0.15) is 44.5 Å². The summed E-state index contributed by atoms with van der Waals surface area (Å²) >= 11 is 0. The van der Waals surface area contributed by atoms with Crippen LogP contribution in [0, 0.1) is 55.4 Å². The number of aromatic hydroxyl groups is 1. The summed E-state index contributed by atoms with van der Waals surface area (Å²) in [5.41, 5.74) is 9.53. The zero-order valence-electron chi connectivity index (χ0n) is 16.0. The predicted octanol–water partition coefficient (Wildman–Crippen LogP) is 5.55. The van der Waals surface area contributed by atoms with E-state index in [4.69, 9.17) is 4.74 Å². The van der Waals surface area contributed by atoms with Gasteiger partial charge in [-0.15, -0.1) is 0 Å². The van der Waals surface area contributed by atoms with E-state index in [1.807, 2.05) is 13.8 Å². The van der Waals surface area contributed by atoms with Crippen LogP contribution in [-0.4, -0.2) is 12.2 Å². The lowest BCUT2D eigenvalue weighted by molar-refractivity contribution is 0.411. The molecule has 2 aromatic rings. The van der Waals surface area contributed by atoms with Crippen molar-refractivity contribution in [1.29, 1.82) is 0 Å². The van der Waals surface area contributed by atoms with E-state index >= 15 is 0 Å². The van der Waals surface area contributed by atoms with Crippen LogP contribution in [0.2, 0.25) is 0 Å². The monoisotopic (exact) mass is 314 g/mol. The van der Waals surface area contributed by atoms with Crippen LogP contribution in [0.5, 0.6) is 11.5 Å². The maximum Gasteiger partial charge on any atom is 0.122 e. The van der Waals surface area contributed by atoms with Crippen molar-refractivity contribution in [2.45, 2.75) is 55.4 Å². The Morgan fingerprint density at radius 3 is 1.43 bits per heavy atom. The summed E-state index contributed by atoms with van der Waals surface area (Å²) < 4.78 is 5.18. The molecule has 0 aliphatic carbocycles. The van der Waals surface area contributed by atoms with Gasteiger partial charge in [-0.05, 0) is 106 Å². The van der Waals surface area contributed by atoms with Crippen LogP contribution >= 0.6 is 0 Å². The van der Waals surface area contributed by atoms with Crippen LogP contribution < -0.4 is 4.74 Å². The molecule has 2 aromatic carbocycles. The average Bonchev–Trinajstić information content (AvgIpc) is 2.53. The van der Waals surface area contributed by atoms with Crippen molar-refractivity contribution in [3.8, 4) is 11.5 Å². The van der Waals surface area contributed by atoms with E-state index < -0.39 is 0 Å². The van der Waals surface area contributed by atoms with Crippen LogP contribution in [0.15, 0.2) is 12.1 Å². The Bertz CT molecular complexity index is 608. The van der Waals surface area contributed by atoms with Gasteiger partial charge in [-0.1, -0.05) is 6.07 Å². The molecule has 0 saturated carbocycles. The summed E-state index contributed by atoms with van der Waals surface area (Å²) in [7, 11) is 1.71. The van der Waals surface area contributed by atoms with Crippen molar-refractivity contribution >= 4 is 0 Å². The maximum absolute atomic E-state index is 9.69. The Balaban J connectivity index is 0.000000231. The van der Waals surface area contributed by atoms with Gasteiger partial charge in [-0.3, -0.25) is 0 Å². The van der Waals surface area contributed by atoms with E-state index in [2.05, 4.69) is 53.7 Å². The van der Waals surface area contributed by atoms with Crippen molar-refractivity contribution in [2.24, 2.45) is 0 Å². The minimum Gasteiger partial charge on any atom is -0.507 e. The van der Waals surface area contributed by atoms with E-state index in [0.29, 0.717) is 5.75 Å². The molecule has 23 heavy (non-hydrogen) atoms. The summed E-state index contributed by atoms with van der Waals surface area (Å²) in [5.74, 6) is 1.43. The molecule has 0 heterocycles. The van der Waals surface area contributed by atoms with Gasteiger partial charge in [-0.2, -0.15) is 0 Å². The fraction of sp³-hybridized carbons (Fsp3) is 0.429. The standard InChI is InChI=1S/C11H16O.C10H14O/c1-6-7(2)9(4)11(12)10(5)8(6)3;1-7-5-9(3)10(11-4)6-8(7)2/h12H,1-5H3;5-6H,1-4H3. The van der Waals surface area contributed by atoms with E-state index in [0.717, 1.165) is 16.9 Å². The number of ether oxygens (including phenoxy) is 1. The molecule has 0 atom stereocenters. The quantitative estimate of drug-likeness (QED) is 0.747. The molecule has 126 valence electrons. The van der Waals surface area contributed by atoms with Crippen LogP contribution in [0.4, 0.5) is 0 Å². The first kappa shape index (κ1) is 19.1. The number of aryl methyl sites for hydroxylation is 3. The van der Waals surface area contributed by atoms with Gasteiger partial charge in [0.2, 0.25) is 0 Å². The van der Waals surface area contributed by atoms with Gasteiger partial charge >= 0.3 is 0 Å². The SMILES string of the molecule is COc1cc(C)c(C)cc1C.Cc1c(C)c(C)c(O)c(C)c1C. The second-order valence-electron chi connectivity index (χ2n) is 6.38. The molecule has 2 rings (SSSR count). The van der Waals surface area contributed by atoms with Gasteiger partial charge in [0.25, 0.3) is 0 Å². The molecule has 0 unspecified atom stereocenters. The van der Waals surface area contributed by atoms with Crippen LogP contribution in [-0.2, 0) is 0 Å². The van der Waals surface area contributed by atoms with E-state index in [1.165, 1.54) is 33.4 Å². The average molecular weight is 314 g/mol. The highest BCUT2D eigenvalue weighted by molar-refractivity contribution is 5.52. The molecule has 0 amide bonds. The lowest BCUT2D eigenvalue weighted by Crippen LogP contribution is -1.95. The highest BCUT2D eigenvalue weighted by Crippen LogP contribution is 2.30. The van der Waals surface area contributed by atoms with Crippen molar-refractivity contribution in [3.63, 3.8) is 0 Å². The number of hydrogen-bond donors (Lipinski definition) is 1. The van der Waals surface area contributed by atoms with Crippen molar-refractivity contribution in [3.05, 3.63) is 56.6 Å². The Hall–Kier alpha value is -1.96. The molecular weight excluding hydrogens is 284 g/mol. The predicted molar refractivity (Wildman–Crippen MR) is 99.0 cm³/mol. The molecule has 2 nitrogen and oxygen atoms in total. The third-order valence-electron chi connectivity index (χ3n) is 4.97. The highest BCUT2D eigenvalue weighted by Gasteiger charge is 2.10. The Morgan fingerprint density at radius 1 is 0.609 bits per heavy atom. The molecular formula is C21H30O2. The molecule has 1 N–H and O–H groups in total. The Kier molecular flexibility index (Phi) is 6.26. The van der Waals surface area contributed by atoms with Gasteiger partial charge in [-0.25, -0.2) is 0 Å². The van der Waals surface area contributed by atoms with Crippen LogP contribution in [0.3, 0.4) is 0 Å². The van der Waals surface area contributed by atoms with E-state index in [-0.39, 0.29) is 0 Å². The summed E-state index contributed by atoms with van der Waals surface area (Å²) in [6, 6.07) is 4.22. The summed E-state index contributed by atoms with van der Waals surface area (Å²) in [4.78, 5) is 0. The summed E-state index contributed by atoms with van der Waals surface area (Å²) in [6.45, 7) is 16.4. The molecule has 0 aliphatic heterocycles. The minimum absolute atomic E-state index is 0.454. The molecule has 0 spiro atoms. The number of phenolic OH excluding ortho intramolecular Hbond substituents is 1.